The number of aryl methyl sites for hydroxylation is 2. The summed E-state index contributed by atoms with van der Waals surface area (Å²) in [4.78, 5) is 2.26. The van der Waals surface area contributed by atoms with E-state index < -0.39 is 0 Å². The van der Waals surface area contributed by atoms with Gasteiger partial charge in [0, 0.05) is 5.56 Å². The number of nitrogens with zero attached hydrogens (tertiary/aromatic N) is 2. The van der Waals surface area contributed by atoms with Crippen molar-refractivity contribution in [2.75, 3.05) is 13.1 Å². The normalized spacial score (nSPS) is 19.2. The smallest absolute Gasteiger partial charge is 0.139 e. The van der Waals surface area contributed by atoms with Gasteiger partial charge in [0.05, 0.1) is 11.7 Å². The van der Waals surface area contributed by atoms with Gasteiger partial charge in [0.1, 0.15) is 11.6 Å². The van der Waals surface area contributed by atoms with E-state index in [1.54, 1.807) is 0 Å². The third-order valence-corrected chi connectivity index (χ3v) is 3.41. The SMILES string of the molecule is Cc1noc(C)c1C(C(=N)N)N1CCCCC1. The van der Waals surface area contributed by atoms with Crippen LogP contribution in [0.1, 0.15) is 42.3 Å². The number of likely N-dealkylation sites (tertiary alicyclic amines) is 1. The number of hydrogen-bond acceptors (Lipinski definition) is 4. The van der Waals surface area contributed by atoms with E-state index in [9.17, 15) is 0 Å². The highest BCUT2D eigenvalue weighted by molar-refractivity contribution is 5.84. The molecule has 1 aliphatic heterocycles. The Balaban J connectivity index is 2.31. The molecule has 0 bridgehead atoms. The van der Waals surface area contributed by atoms with Gasteiger partial charge in [-0.05, 0) is 39.8 Å². The fourth-order valence-electron chi connectivity index (χ4n) is 2.59. The molecule has 17 heavy (non-hydrogen) atoms. The molecule has 1 unspecified atom stereocenters. The minimum absolute atomic E-state index is 0.165. The van der Waals surface area contributed by atoms with Crippen LogP contribution in [0, 0.1) is 19.3 Å². The van der Waals surface area contributed by atoms with Gasteiger partial charge in [-0.2, -0.15) is 0 Å². The van der Waals surface area contributed by atoms with Gasteiger partial charge in [0.25, 0.3) is 0 Å². The second kappa shape index (κ2) is 4.87. The maximum absolute atomic E-state index is 7.82. The Bertz CT molecular complexity index is 387. The van der Waals surface area contributed by atoms with Gasteiger partial charge < -0.3 is 10.3 Å². The Morgan fingerprint density at radius 2 is 2.00 bits per heavy atom. The standard InChI is InChI=1S/C12H20N4O/c1-8-10(9(2)17-15-8)11(12(13)14)16-6-4-3-5-7-16/h11H,3-7H2,1-2H3,(H3,13,14). The lowest BCUT2D eigenvalue weighted by Crippen LogP contribution is -2.40. The van der Waals surface area contributed by atoms with Crippen LogP contribution in [0.15, 0.2) is 4.52 Å². The van der Waals surface area contributed by atoms with Crippen LogP contribution in [0.4, 0.5) is 0 Å². The Morgan fingerprint density at radius 1 is 1.35 bits per heavy atom. The van der Waals surface area contributed by atoms with Gasteiger partial charge in [0.15, 0.2) is 0 Å². The van der Waals surface area contributed by atoms with Crippen LogP contribution in [0.5, 0.6) is 0 Å². The van der Waals surface area contributed by atoms with E-state index >= 15 is 0 Å². The topological polar surface area (TPSA) is 79.1 Å². The summed E-state index contributed by atoms with van der Waals surface area (Å²) in [6, 6.07) is -0.165. The van der Waals surface area contributed by atoms with E-state index in [-0.39, 0.29) is 11.9 Å². The van der Waals surface area contributed by atoms with Crippen LogP contribution in [0.2, 0.25) is 0 Å². The molecule has 1 aliphatic rings. The van der Waals surface area contributed by atoms with Crippen molar-refractivity contribution in [1.82, 2.24) is 10.1 Å². The molecule has 0 amide bonds. The summed E-state index contributed by atoms with van der Waals surface area (Å²) in [5, 5.41) is 11.8. The molecule has 1 saturated heterocycles. The second-order valence-electron chi connectivity index (χ2n) is 4.69. The zero-order valence-electron chi connectivity index (χ0n) is 10.5. The number of rotatable bonds is 3. The molecule has 0 spiro atoms. The summed E-state index contributed by atoms with van der Waals surface area (Å²) in [7, 11) is 0. The zero-order valence-corrected chi connectivity index (χ0v) is 10.5. The molecule has 1 aromatic heterocycles. The van der Waals surface area contributed by atoms with Crippen LogP contribution < -0.4 is 5.73 Å². The van der Waals surface area contributed by atoms with E-state index in [2.05, 4.69) is 10.1 Å². The second-order valence-corrected chi connectivity index (χ2v) is 4.69. The van der Waals surface area contributed by atoms with Crippen LogP contribution in [0.3, 0.4) is 0 Å². The largest absolute Gasteiger partial charge is 0.386 e. The summed E-state index contributed by atoms with van der Waals surface area (Å²) >= 11 is 0. The first-order chi connectivity index (χ1) is 8.11. The minimum atomic E-state index is -0.165. The quantitative estimate of drug-likeness (QED) is 0.619. The third-order valence-electron chi connectivity index (χ3n) is 3.41. The predicted molar refractivity (Wildman–Crippen MR) is 66.1 cm³/mol. The first-order valence-corrected chi connectivity index (χ1v) is 6.12. The summed E-state index contributed by atoms with van der Waals surface area (Å²) in [6.07, 6.45) is 3.61. The molecular weight excluding hydrogens is 216 g/mol. The van der Waals surface area contributed by atoms with Gasteiger partial charge in [-0.1, -0.05) is 11.6 Å². The minimum Gasteiger partial charge on any atom is -0.386 e. The van der Waals surface area contributed by atoms with Crippen molar-refractivity contribution in [3.63, 3.8) is 0 Å². The third kappa shape index (κ3) is 2.34. The first kappa shape index (κ1) is 12.1. The molecule has 5 nitrogen and oxygen atoms in total. The van der Waals surface area contributed by atoms with Gasteiger partial charge in [-0.25, -0.2) is 0 Å². The molecule has 0 saturated carbocycles. The van der Waals surface area contributed by atoms with Crippen molar-refractivity contribution in [3.8, 4) is 0 Å². The number of piperidine rings is 1. The first-order valence-electron chi connectivity index (χ1n) is 6.12. The van der Waals surface area contributed by atoms with Crippen molar-refractivity contribution in [3.05, 3.63) is 17.0 Å². The van der Waals surface area contributed by atoms with Gasteiger partial charge >= 0.3 is 0 Å². The van der Waals surface area contributed by atoms with E-state index in [1.807, 2.05) is 13.8 Å². The lowest BCUT2D eigenvalue weighted by atomic mass is 9.99. The summed E-state index contributed by atoms with van der Waals surface area (Å²) in [5.41, 5.74) is 7.58. The fraction of sp³-hybridized carbons (Fsp3) is 0.667. The number of nitrogens with one attached hydrogen (secondary N) is 1. The molecular formula is C12H20N4O. The molecule has 0 aliphatic carbocycles. The van der Waals surface area contributed by atoms with Crippen molar-refractivity contribution in [1.29, 1.82) is 5.41 Å². The predicted octanol–water partition coefficient (Wildman–Crippen LogP) is 1.75. The highest BCUT2D eigenvalue weighted by Gasteiger charge is 2.29. The zero-order chi connectivity index (χ0) is 12.4. The van der Waals surface area contributed by atoms with Crippen molar-refractivity contribution >= 4 is 5.84 Å². The van der Waals surface area contributed by atoms with Crippen LogP contribution in [0.25, 0.3) is 0 Å². The Labute approximate surface area is 101 Å². The monoisotopic (exact) mass is 236 g/mol. The Hall–Kier alpha value is -1.36. The average molecular weight is 236 g/mol. The van der Waals surface area contributed by atoms with Crippen LogP contribution in [-0.4, -0.2) is 29.0 Å². The van der Waals surface area contributed by atoms with E-state index in [1.165, 1.54) is 19.3 Å². The molecule has 1 aromatic rings. The number of nitrogens with two attached hydrogens (primary N) is 1. The lowest BCUT2D eigenvalue weighted by molar-refractivity contribution is 0.200. The molecule has 3 N–H and O–H groups in total. The van der Waals surface area contributed by atoms with Gasteiger partial charge in [-0.15, -0.1) is 0 Å². The average Bonchev–Trinajstić information content (AvgIpc) is 2.62. The molecule has 0 radical (unpaired) electrons. The van der Waals surface area contributed by atoms with E-state index in [4.69, 9.17) is 15.7 Å². The molecule has 2 rings (SSSR count). The highest BCUT2D eigenvalue weighted by atomic mass is 16.5. The number of amidine groups is 1. The summed E-state index contributed by atoms with van der Waals surface area (Å²) in [5.74, 6) is 0.953. The molecule has 1 fully saturated rings. The van der Waals surface area contributed by atoms with Crippen LogP contribution in [-0.2, 0) is 0 Å². The summed E-state index contributed by atoms with van der Waals surface area (Å²) in [6.45, 7) is 5.78. The highest BCUT2D eigenvalue weighted by Crippen LogP contribution is 2.29. The fourth-order valence-corrected chi connectivity index (χ4v) is 2.59. The lowest BCUT2D eigenvalue weighted by Gasteiger charge is -2.33. The Kier molecular flexibility index (Phi) is 3.47. The number of hydrogen-bond donors (Lipinski definition) is 2. The van der Waals surface area contributed by atoms with Crippen LogP contribution >= 0.6 is 0 Å². The molecule has 94 valence electrons. The van der Waals surface area contributed by atoms with E-state index in [0.717, 1.165) is 30.1 Å². The number of aromatic nitrogens is 1. The van der Waals surface area contributed by atoms with Gasteiger partial charge in [-0.3, -0.25) is 10.3 Å². The molecule has 1 atom stereocenters. The maximum Gasteiger partial charge on any atom is 0.139 e. The van der Waals surface area contributed by atoms with E-state index in [0.29, 0.717) is 0 Å². The van der Waals surface area contributed by atoms with Gasteiger partial charge in [0.2, 0.25) is 0 Å². The summed E-state index contributed by atoms with van der Waals surface area (Å²) < 4.78 is 5.19. The molecule has 5 heteroatoms. The van der Waals surface area contributed by atoms with Crippen molar-refractivity contribution in [2.24, 2.45) is 5.73 Å². The Morgan fingerprint density at radius 3 is 2.47 bits per heavy atom. The molecule has 2 heterocycles. The van der Waals surface area contributed by atoms with Crippen molar-refractivity contribution in [2.45, 2.75) is 39.2 Å². The molecule has 0 aromatic carbocycles. The van der Waals surface area contributed by atoms with Crippen molar-refractivity contribution < 1.29 is 4.52 Å². The maximum atomic E-state index is 7.82.